The number of benzene rings is 1. The second-order valence-corrected chi connectivity index (χ2v) is 2.48. The fourth-order valence-corrected chi connectivity index (χ4v) is 0.922. The molecule has 0 unspecified atom stereocenters. The molecule has 0 saturated heterocycles. The quantitative estimate of drug-likeness (QED) is 0.514. The van der Waals surface area contributed by atoms with Gasteiger partial charge >= 0.3 is 0 Å². The highest BCUT2D eigenvalue weighted by Gasteiger charge is 2.05. The fourth-order valence-electron chi connectivity index (χ4n) is 0.922. The summed E-state index contributed by atoms with van der Waals surface area (Å²) in [4.78, 5) is 1.27. The fraction of sp³-hybridized carbons (Fsp3) is 0.222. The molecule has 4 heteroatoms. The van der Waals surface area contributed by atoms with Crippen LogP contribution in [0.4, 0.5) is 10.1 Å². The molecule has 68 valence electrons. The van der Waals surface area contributed by atoms with Gasteiger partial charge in [-0.25, -0.2) is 4.39 Å². The molecule has 0 atom stereocenters. The minimum Gasteiger partial charge on any atom is -0.494 e. The highest BCUT2D eigenvalue weighted by molar-refractivity contribution is 5.52. The predicted octanol–water partition coefficient (Wildman–Crippen LogP) is 1.75. The first kappa shape index (κ1) is 9.33. The summed E-state index contributed by atoms with van der Waals surface area (Å²) in [5.41, 5.74) is 0.501. The van der Waals surface area contributed by atoms with Crippen LogP contribution in [0.1, 0.15) is 0 Å². The predicted molar refractivity (Wildman–Crippen MR) is 47.0 cm³/mol. The van der Waals surface area contributed by atoms with Crippen molar-refractivity contribution < 1.29 is 9.13 Å². The number of rotatable bonds is 2. The van der Waals surface area contributed by atoms with E-state index in [1.807, 2.05) is 6.19 Å². The van der Waals surface area contributed by atoms with Gasteiger partial charge in [0.05, 0.1) is 12.8 Å². The first-order valence-electron chi connectivity index (χ1n) is 3.66. The number of methoxy groups -OCH3 is 1. The summed E-state index contributed by atoms with van der Waals surface area (Å²) in [7, 11) is 2.95. The summed E-state index contributed by atoms with van der Waals surface area (Å²) in [6.07, 6.45) is 1.87. The Morgan fingerprint density at radius 3 is 2.69 bits per heavy atom. The molecule has 0 aliphatic carbocycles. The Hall–Kier alpha value is -1.76. The van der Waals surface area contributed by atoms with Crippen LogP contribution < -0.4 is 9.64 Å². The topological polar surface area (TPSA) is 36.3 Å². The first-order chi connectivity index (χ1) is 6.19. The van der Waals surface area contributed by atoms with Crippen molar-refractivity contribution >= 4 is 5.69 Å². The molecule has 0 fully saturated rings. The molecule has 0 saturated carbocycles. The largest absolute Gasteiger partial charge is 0.494 e. The monoisotopic (exact) mass is 180 g/mol. The molecular weight excluding hydrogens is 171 g/mol. The molecule has 0 radical (unpaired) electrons. The van der Waals surface area contributed by atoms with Gasteiger partial charge in [-0.15, -0.1) is 0 Å². The maximum Gasteiger partial charge on any atom is 0.183 e. The Bertz CT molecular complexity index is 346. The molecule has 13 heavy (non-hydrogen) atoms. The van der Waals surface area contributed by atoms with Crippen molar-refractivity contribution in [2.24, 2.45) is 0 Å². The molecule has 1 aromatic carbocycles. The van der Waals surface area contributed by atoms with E-state index in [0.717, 1.165) is 0 Å². The normalized spacial score (nSPS) is 9.08. The van der Waals surface area contributed by atoms with Gasteiger partial charge in [-0.1, -0.05) is 0 Å². The van der Waals surface area contributed by atoms with Gasteiger partial charge in [0, 0.05) is 13.1 Å². The van der Waals surface area contributed by atoms with Gasteiger partial charge in [0.1, 0.15) is 0 Å². The van der Waals surface area contributed by atoms with E-state index in [0.29, 0.717) is 5.69 Å². The maximum absolute atomic E-state index is 13.1. The number of hydrogen-bond acceptors (Lipinski definition) is 3. The summed E-state index contributed by atoms with van der Waals surface area (Å²) in [5.74, 6) is -0.294. The van der Waals surface area contributed by atoms with Crippen molar-refractivity contribution in [1.82, 2.24) is 0 Å². The van der Waals surface area contributed by atoms with E-state index in [1.54, 1.807) is 13.1 Å². The highest BCUT2D eigenvalue weighted by atomic mass is 19.1. The minimum absolute atomic E-state index is 0.176. The lowest BCUT2D eigenvalue weighted by Crippen LogP contribution is -2.08. The zero-order chi connectivity index (χ0) is 9.84. The van der Waals surface area contributed by atoms with Gasteiger partial charge < -0.3 is 4.74 Å². The number of anilines is 1. The third-order valence-electron chi connectivity index (χ3n) is 1.67. The lowest BCUT2D eigenvalue weighted by atomic mass is 10.3. The smallest absolute Gasteiger partial charge is 0.183 e. The third kappa shape index (κ3) is 1.88. The van der Waals surface area contributed by atoms with Crippen LogP contribution in [0, 0.1) is 17.3 Å². The van der Waals surface area contributed by atoms with Crippen molar-refractivity contribution in [3.05, 3.63) is 24.0 Å². The summed E-state index contributed by atoms with van der Waals surface area (Å²) < 4.78 is 17.8. The number of nitrogens with zero attached hydrogens (tertiary/aromatic N) is 2. The number of nitriles is 1. The zero-order valence-electron chi connectivity index (χ0n) is 7.41. The van der Waals surface area contributed by atoms with E-state index < -0.39 is 5.82 Å². The van der Waals surface area contributed by atoms with Crippen molar-refractivity contribution in [2.45, 2.75) is 0 Å². The van der Waals surface area contributed by atoms with Crippen molar-refractivity contribution in [2.75, 3.05) is 19.1 Å². The maximum atomic E-state index is 13.1. The van der Waals surface area contributed by atoms with Crippen LogP contribution >= 0.6 is 0 Å². The molecule has 0 aliphatic rings. The Kier molecular flexibility index (Phi) is 2.70. The van der Waals surface area contributed by atoms with E-state index in [1.165, 1.54) is 24.1 Å². The van der Waals surface area contributed by atoms with Gasteiger partial charge in [-0.3, -0.25) is 4.90 Å². The van der Waals surface area contributed by atoms with Crippen LogP contribution in [0.25, 0.3) is 0 Å². The molecule has 0 aromatic heterocycles. The Morgan fingerprint density at radius 2 is 2.23 bits per heavy atom. The molecule has 0 N–H and O–H groups in total. The second-order valence-electron chi connectivity index (χ2n) is 2.48. The molecule has 0 spiro atoms. The molecule has 0 amide bonds. The molecule has 1 rings (SSSR count). The Balaban J connectivity index is 3.04. The number of ether oxygens (including phenoxy) is 1. The SMILES string of the molecule is COc1ccc(N(C)C#N)cc1F. The first-order valence-corrected chi connectivity index (χ1v) is 3.66. The van der Waals surface area contributed by atoms with Gasteiger partial charge in [-0.2, -0.15) is 5.26 Å². The van der Waals surface area contributed by atoms with E-state index in [9.17, 15) is 4.39 Å². The average Bonchev–Trinajstić information content (AvgIpc) is 2.16. The molecule has 0 bridgehead atoms. The molecule has 1 aromatic rings. The summed E-state index contributed by atoms with van der Waals surface area (Å²) in [5, 5.41) is 8.53. The molecular formula is C9H9FN2O. The summed E-state index contributed by atoms with van der Waals surface area (Å²) in [6, 6.07) is 4.35. The lowest BCUT2D eigenvalue weighted by molar-refractivity contribution is 0.386. The highest BCUT2D eigenvalue weighted by Crippen LogP contribution is 2.22. The van der Waals surface area contributed by atoms with Gasteiger partial charge in [0.25, 0.3) is 0 Å². The van der Waals surface area contributed by atoms with Gasteiger partial charge in [0.15, 0.2) is 17.8 Å². The van der Waals surface area contributed by atoms with E-state index in [-0.39, 0.29) is 5.75 Å². The van der Waals surface area contributed by atoms with Crippen LogP contribution in [0.3, 0.4) is 0 Å². The zero-order valence-corrected chi connectivity index (χ0v) is 7.41. The third-order valence-corrected chi connectivity index (χ3v) is 1.67. The van der Waals surface area contributed by atoms with Gasteiger partial charge in [0.2, 0.25) is 0 Å². The summed E-state index contributed by atoms with van der Waals surface area (Å²) in [6.45, 7) is 0. The van der Waals surface area contributed by atoms with Crippen LogP contribution in [0.15, 0.2) is 18.2 Å². The molecule has 0 heterocycles. The van der Waals surface area contributed by atoms with Crippen LogP contribution in [-0.2, 0) is 0 Å². The minimum atomic E-state index is -0.470. The second kappa shape index (κ2) is 3.76. The van der Waals surface area contributed by atoms with Crippen molar-refractivity contribution in [3.63, 3.8) is 0 Å². The molecule has 3 nitrogen and oxygen atoms in total. The van der Waals surface area contributed by atoms with Gasteiger partial charge in [-0.05, 0) is 12.1 Å². The van der Waals surface area contributed by atoms with Crippen molar-refractivity contribution in [1.29, 1.82) is 5.26 Å². The average molecular weight is 180 g/mol. The Morgan fingerprint density at radius 1 is 1.54 bits per heavy atom. The standard InChI is InChI=1S/C9H9FN2O/c1-12(6-11)7-3-4-9(13-2)8(10)5-7/h3-5H,1-2H3. The van der Waals surface area contributed by atoms with Crippen molar-refractivity contribution in [3.8, 4) is 11.9 Å². The van der Waals surface area contributed by atoms with Crippen LogP contribution in [-0.4, -0.2) is 14.2 Å². The molecule has 0 aliphatic heterocycles. The van der Waals surface area contributed by atoms with Crippen LogP contribution in [0.2, 0.25) is 0 Å². The van der Waals surface area contributed by atoms with E-state index >= 15 is 0 Å². The van der Waals surface area contributed by atoms with E-state index in [2.05, 4.69) is 0 Å². The van der Waals surface area contributed by atoms with E-state index in [4.69, 9.17) is 10.00 Å². The summed E-state index contributed by atoms with van der Waals surface area (Å²) >= 11 is 0. The lowest BCUT2D eigenvalue weighted by Gasteiger charge is -2.09. The van der Waals surface area contributed by atoms with Crippen LogP contribution in [0.5, 0.6) is 5.75 Å². The number of hydrogen-bond donors (Lipinski definition) is 0. The Labute approximate surface area is 76.0 Å². The number of halogens is 1.